The van der Waals surface area contributed by atoms with Crippen LogP contribution >= 0.6 is 0 Å². The molecule has 0 amide bonds. The number of rotatable bonds is 11. The Kier molecular flexibility index (Phi) is 12.2. The first-order valence-corrected chi connectivity index (χ1v) is 25.9. The van der Waals surface area contributed by atoms with Crippen LogP contribution in [0.2, 0.25) is 54.4 Å². The summed E-state index contributed by atoms with van der Waals surface area (Å²) in [5, 5.41) is 0.122. The van der Waals surface area contributed by atoms with Crippen LogP contribution in [0.3, 0.4) is 0 Å². The molecule has 2 atom stereocenters. The van der Waals surface area contributed by atoms with Gasteiger partial charge in [-0.2, -0.15) is 0 Å². The average molecular weight is 697 g/mol. The predicted molar refractivity (Wildman–Crippen MR) is 196 cm³/mol. The van der Waals surface area contributed by atoms with Crippen LogP contribution < -0.4 is 0 Å². The van der Waals surface area contributed by atoms with Crippen LogP contribution in [0.4, 0.5) is 0 Å². The molecular formula is C36H68O7Si3. The van der Waals surface area contributed by atoms with Crippen LogP contribution in [-0.2, 0) is 32.3 Å². The molecule has 266 valence electrons. The highest BCUT2D eigenvalue weighted by Crippen LogP contribution is 2.45. The minimum Gasteiger partial charge on any atom is -0.456 e. The van der Waals surface area contributed by atoms with E-state index in [2.05, 4.69) is 102 Å². The van der Waals surface area contributed by atoms with Crippen LogP contribution in [0.5, 0.6) is 0 Å². The van der Waals surface area contributed by atoms with E-state index in [4.69, 9.17) is 22.8 Å². The second-order valence-electron chi connectivity index (χ2n) is 18.8. The van der Waals surface area contributed by atoms with Crippen molar-refractivity contribution in [3.05, 3.63) is 22.5 Å². The molecule has 1 unspecified atom stereocenters. The second-order valence-corrected chi connectivity index (χ2v) is 33.2. The SMILES string of the molecule is CC1=C(C(=O)C2=C(C)C(O[Si](C)(C)C(C)(C)C)C[C@@H](C(CO[Si](C)(C)C(C)(C)C)CO[Si](C)(C)C(C)(C)C)C2)C(=O)OC(C)(C)O1. The summed E-state index contributed by atoms with van der Waals surface area (Å²) in [6.07, 6.45) is 1.04. The lowest BCUT2D eigenvalue weighted by atomic mass is 9.74. The number of carbonyl (C=O) groups is 2. The molecular weight excluding hydrogens is 629 g/mol. The zero-order chi connectivity index (χ0) is 36.1. The van der Waals surface area contributed by atoms with Crippen molar-refractivity contribution in [1.29, 1.82) is 0 Å². The van der Waals surface area contributed by atoms with Gasteiger partial charge < -0.3 is 22.8 Å². The molecule has 0 spiro atoms. The van der Waals surface area contributed by atoms with Crippen LogP contribution in [0.15, 0.2) is 22.5 Å². The van der Waals surface area contributed by atoms with E-state index >= 15 is 0 Å². The van der Waals surface area contributed by atoms with Gasteiger partial charge in [-0.1, -0.05) is 62.3 Å². The van der Waals surface area contributed by atoms with Gasteiger partial charge in [-0.15, -0.1) is 0 Å². The highest BCUT2D eigenvalue weighted by Gasteiger charge is 2.47. The van der Waals surface area contributed by atoms with Crippen LogP contribution in [0.1, 0.15) is 103 Å². The summed E-state index contributed by atoms with van der Waals surface area (Å²) in [6, 6.07) is 0. The Hall–Kier alpha value is -1.05. The molecule has 10 heteroatoms. The summed E-state index contributed by atoms with van der Waals surface area (Å²) in [6.45, 7) is 42.1. The number of allylic oxidation sites excluding steroid dienone is 2. The molecule has 2 rings (SSSR count). The topological polar surface area (TPSA) is 80.3 Å². The molecule has 0 bridgehead atoms. The van der Waals surface area contributed by atoms with E-state index in [9.17, 15) is 9.59 Å². The summed E-state index contributed by atoms with van der Waals surface area (Å²) in [7, 11) is -6.35. The molecule has 0 N–H and O–H groups in total. The van der Waals surface area contributed by atoms with E-state index in [-0.39, 0.29) is 44.4 Å². The highest BCUT2D eigenvalue weighted by atomic mass is 28.4. The number of hydrogen-bond acceptors (Lipinski definition) is 7. The molecule has 0 aromatic carbocycles. The number of cyclic esters (lactones) is 1. The van der Waals surface area contributed by atoms with Crippen molar-refractivity contribution < 1.29 is 32.3 Å². The van der Waals surface area contributed by atoms with Gasteiger partial charge in [-0.05, 0) is 92.6 Å². The van der Waals surface area contributed by atoms with Crippen molar-refractivity contribution >= 4 is 36.7 Å². The third kappa shape index (κ3) is 9.55. The summed E-state index contributed by atoms with van der Waals surface area (Å²) in [4.78, 5) is 27.6. The molecule has 0 fully saturated rings. The van der Waals surface area contributed by atoms with E-state index in [1.54, 1.807) is 20.8 Å². The van der Waals surface area contributed by atoms with Crippen LogP contribution in [0.25, 0.3) is 0 Å². The molecule has 0 aromatic heterocycles. The maximum atomic E-state index is 14.4. The van der Waals surface area contributed by atoms with Crippen LogP contribution in [-0.4, -0.2) is 61.8 Å². The van der Waals surface area contributed by atoms with Crippen molar-refractivity contribution in [2.75, 3.05) is 13.2 Å². The maximum absolute atomic E-state index is 14.4. The Bertz CT molecular complexity index is 1180. The Labute approximate surface area is 285 Å². The first-order valence-electron chi connectivity index (χ1n) is 17.2. The van der Waals surface area contributed by atoms with Crippen molar-refractivity contribution in [3.8, 4) is 0 Å². The first-order chi connectivity index (χ1) is 20.3. The largest absolute Gasteiger partial charge is 0.456 e. The van der Waals surface area contributed by atoms with Crippen molar-refractivity contribution in [2.24, 2.45) is 11.8 Å². The molecule has 0 radical (unpaired) electrons. The maximum Gasteiger partial charge on any atom is 0.348 e. The van der Waals surface area contributed by atoms with E-state index < -0.39 is 36.7 Å². The zero-order valence-electron chi connectivity index (χ0n) is 32.9. The number of Topliss-reactive ketones (excluding diaryl/α,β-unsaturated/α-hetero) is 1. The van der Waals surface area contributed by atoms with Gasteiger partial charge in [0.25, 0.3) is 0 Å². The number of ketones is 1. The second kappa shape index (κ2) is 13.7. The van der Waals surface area contributed by atoms with Crippen molar-refractivity contribution in [1.82, 2.24) is 0 Å². The minimum atomic E-state index is -2.22. The molecule has 46 heavy (non-hydrogen) atoms. The van der Waals surface area contributed by atoms with E-state index in [1.807, 2.05) is 6.92 Å². The van der Waals surface area contributed by atoms with E-state index in [1.165, 1.54) is 0 Å². The summed E-state index contributed by atoms with van der Waals surface area (Å²) in [5.74, 6) is -1.67. The molecule has 1 heterocycles. The van der Waals surface area contributed by atoms with E-state index in [0.29, 0.717) is 31.0 Å². The normalized spacial score (nSPS) is 22.3. The quantitative estimate of drug-likeness (QED) is 0.121. The molecule has 7 nitrogen and oxygen atoms in total. The van der Waals surface area contributed by atoms with Gasteiger partial charge in [0.1, 0.15) is 11.3 Å². The Morgan fingerprint density at radius 3 is 1.63 bits per heavy atom. The third-order valence-electron chi connectivity index (χ3n) is 11.6. The van der Waals surface area contributed by atoms with Gasteiger partial charge in [-0.3, -0.25) is 4.79 Å². The van der Waals surface area contributed by atoms with E-state index in [0.717, 1.165) is 12.0 Å². The zero-order valence-corrected chi connectivity index (χ0v) is 35.9. The molecule has 0 aromatic rings. The van der Waals surface area contributed by atoms with Crippen molar-refractivity contribution in [2.45, 2.75) is 169 Å². The monoisotopic (exact) mass is 696 g/mol. The fourth-order valence-corrected chi connectivity index (χ4v) is 8.56. The predicted octanol–water partition coefficient (Wildman–Crippen LogP) is 9.92. The fourth-order valence-electron chi connectivity index (χ4n) is 5.10. The third-order valence-corrected chi connectivity index (χ3v) is 25.1. The minimum absolute atomic E-state index is 0.00754. The summed E-state index contributed by atoms with van der Waals surface area (Å²) in [5.41, 5.74) is 1.50. The Balaban J connectivity index is 2.65. The number of carbonyl (C=O) groups excluding carboxylic acids is 2. The molecule has 0 saturated carbocycles. The fraction of sp³-hybridized carbons (Fsp3) is 0.833. The summed E-state index contributed by atoms with van der Waals surface area (Å²) >= 11 is 0. The van der Waals surface area contributed by atoms with Gasteiger partial charge >= 0.3 is 5.97 Å². The molecule has 2 aliphatic rings. The highest BCUT2D eigenvalue weighted by molar-refractivity contribution is 6.75. The lowest BCUT2D eigenvalue weighted by molar-refractivity contribution is -0.207. The van der Waals surface area contributed by atoms with Gasteiger partial charge in [0.2, 0.25) is 5.79 Å². The number of esters is 1. The lowest BCUT2D eigenvalue weighted by Crippen LogP contribution is -2.48. The molecule has 1 aliphatic heterocycles. The Morgan fingerprint density at radius 2 is 1.24 bits per heavy atom. The Morgan fingerprint density at radius 1 is 0.804 bits per heavy atom. The summed E-state index contributed by atoms with van der Waals surface area (Å²) < 4.78 is 32.3. The van der Waals surface area contributed by atoms with Gasteiger partial charge in [0, 0.05) is 38.6 Å². The van der Waals surface area contributed by atoms with Gasteiger partial charge in [0.05, 0.1) is 6.10 Å². The van der Waals surface area contributed by atoms with Gasteiger partial charge in [0.15, 0.2) is 30.7 Å². The van der Waals surface area contributed by atoms with Crippen molar-refractivity contribution in [3.63, 3.8) is 0 Å². The van der Waals surface area contributed by atoms with Gasteiger partial charge in [-0.25, -0.2) is 4.79 Å². The van der Waals surface area contributed by atoms with Crippen LogP contribution in [0, 0.1) is 11.8 Å². The number of ether oxygens (including phenoxy) is 2. The molecule has 0 saturated heterocycles. The number of hydrogen-bond donors (Lipinski definition) is 0. The lowest BCUT2D eigenvalue weighted by Gasteiger charge is -2.45. The first kappa shape index (κ1) is 41.1. The molecule has 1 aliphatic carbocycles. The standard InChI is InChI=1S/C36H68O7Si3/c1-24-28(31(37)30-25(2)41-36(12,13)42-32(30)38)20-26(21-29(24)43-46(18,19)35(9,10)11)27(22-39-44(14,15)33(3,4)5)23-40-45(16,17)34(6,7)8/h26-27,29H,20-23H2,1-19H3/t26-,29?/m0/s1. The average Bonchev–Trinajstić information content (AvgIpc) is 2.81. The smallest absolute Gasteiger partial charge is 0.348 e.